The number of unbranched alkanes of at least 4 members (excludes halogenated alkanes) is 1. The predicted molar refractivity (Wildman–Crippen MR) is 214 cm³/mol. The van der Waals surface area contributed by atoms with E-state index in [1.807, 2.05) is 30.3 Å². The number of benzene rings is 1. The summed E-state index contributed by atoms with van der Waals surface area (Å²) in [5.41, 5.74) is 6.35. The number of hydrogen-bond acceptors (Lipinski definition) is 8. The fourth-order valence-corrected chi connectivity index (χ4v) is 12.8. The molecule has 5 N–H and O–H groups in total. The van der Waals surface area contributed by atoms with Crippen LogP contribution >= 0.6 is 0 Å². The van der Waals surface area contributed by atoms with Gasteiger partial charge in [-0.2, -0.15) is 0 Å². The van der Waals surface area contributed by atoms with Gasteiger partial charge in [0, 0.05) is 30.0 Å². The Balaban J connectivity index is 1.19. The van der Waals surface area contributed by atoms with E-state index < -0.39 is 58.3 Å². The first-order chi connectivity index (χ1) is 26.3. The third-order valence-electron chi connectivity index (χ3n) is 16.2. The van der Waals surface area contributed by atoms with Gasteiger partial charge in [0.25, 0.3) is 0 Å². The number of para-hydroxylation sites is 1. The minimum atomic E-state index is -0.877. The predicted octanol–water partition coefficient (Wildman–Crippen LogP) is 7.74. The number of allylic oxidation sites excluding steroid dienone is 1. The van der Waals surface area contributed by atoms with Crippen molar-refractivity contribution in [1.82, 2.24) is 5.32 Å². The molecular formula is C45H67N3O8. The third kappa shape index (κ3) is 7.07. The van der Waals surface area contributed by atoms with E-state index in [0.29, 0.717) is 63.5 Å². The molecule has 2 amide bonds. The minimum Gasteiger partial charge on any atom is -0.481 e. The lowest BCUT2D eigenvalue weighted by molar-refractivity contribution is -0.263. The number of hydrogen-bond donors (Lipinski definition) is 4. The number of carbonyl (C=O) groups is 4. The molecule has 11 nitrogen and oxygen atoms in total. The zero-order valence-electron chi connectivity index (χ0n) is 35.0. The number of rotatable bonds is 12. The van der Waals surface area contributed by atoms with Crippen LogP contribution < -0.4 is 16.4 Å². The molecule has 1 saturated heterocycles. The molecular weight excluding hydrogens is 711 g/mol. The third-order valence-corrected chi connectivity index (χ3v) is 16.2. The molecule has 0 radical (unpaired) electrons. The van der Waals surface area contributed by atoms with Crippen LogP contribution in [0.4, 0.5) is 10.5 Å². The fourth-order valence-electron chi connectivity index (χ4n) is 12.8. The van der Waals surface area contributed by atoms with Gasteiger partial charge in [0.05, 0.1) is 19.1 Å². The Hall–Kier alpha value is -3.44. The summed E-state index contributed by atoms with van der Waals surface area (Å²) < 4.78 is 19.0. The van der Waals surface area contributed by atoms with Gasteiger partial charge in [-0.3, -0.25) is 14.4 Å². The molecule has 0 spiro atoms. The van der Waals surface area contributed by atoms with Crippen molar-refractivity contribution in [3.05, 3.63) is 42.0 Å². The van der Waals surface area contributed by atoms with Gasteiger partial charge >= 0.3 is 23.9 Å². The lowest BCUT2D eigenvalue weighted by atomic mass is 9.34. The van der Waals surface area contributed by atoms with E-state index in [4.69, 9.17) is 19.9 Å². The van der Waals surface area contributed by atoms with Crippen LogP contribution in [-0.4, -0.2) is 67.1 Å². The van der Waals surface area contributed by atoms with Gasteiger partial charge in [-0.05, 0) is 110 Å². The van der Waals surface area contributed by atoms with Crippen LogP contribution in [0.3, 0.4) is 0 Å². The maximum atomic E-state index is 13.7. The van der Waals surface area contributed by atoms with Crippen molar-refractivity contribution in [2.45, 2.75) is 131 Å². The van der Waals surface area contributed by atoms with Crippen molar-refractivity contribution in [1.29, 1.82) is 0 Å². The number of carbonyl (C=O) groups excluding carboxylic acids is 3. The summed E-state index contributed by atoms with van der Waals surface area (Å²) in [6.07, 6.45) is 7.30. The first-order valence-corrected chi connectivity index (χ1v) is 21.1. The van der Waals surface area contributed by atoms with E-state index in [2.05, 4.69) is 65.2 Å². The molecule has 6 rings (SSSR count). The molecule has 1 aromatic carbocycles. The molecule has 1 aliphatic heterocycles. The first kappa shape index (κ1) is 42.2. The average Bonchev–Trinajstić information content (AvgIpc) is 3.13. The molecule has 310 valence electrons. The zero-order valence-corrected chi connectivity index (χ0v) is 35.0. The van der Waals surface area contributed by atoms with Crippen molar-refractivity contribution in [2.24, 2.45) is 62.4 Å². The number of carboxylic acid groups (broad SMARTS) is 1. The maximum absolute atomic E-state index is 13.7. The largest absolute Gasteiger partial charge is 0.481 e. The van der Waals surface area contributed by atoms with Gasteiger partial charge < -0.3 is 35.7 Å². The van der Waals surface area contributed by atoms with Crippen molar-refractivity contribution < 1.29 is 38.5 Å². The Morgan fingerprint density at radius 2 is 1.68 bits per heavy atom. The number of amides is 2. The summed E-state index contributed by atoms with van der Waals surface area (Å²) in [5.74, 6) is -1.25. The Morgan fingerprint density at radius 1 is 0.964 bits per heavy atom. The monoisotopic (exact) mass is 777 g/mol. The highest BCUT2D eigenvalue weighted by molar-refractivity contribution is 5.89. The van der Waals surface area contributed by atoms with E-state index in [0.717, 1.165) is 25.7 Å². The zero-order chi connectivity index (χ0) is 40.8. The second-order valence-corrected chi connectivity index (χ2v) is 19.4. The second-order valence-electron chi connectivity index (χ2n) is 19.4. The van der Waals surface area contributed by atoms with E-state index in [1.54, 1.807) is 0 Å². The number of fused-ring (bicyclic) bond motifs is 3. The summed E-state index contributed by atoms with van der Waals surface area (Å²) in [6.45, 7) is 18.3. The molecule has 5 aliphatic rings. The molecule has 1 heterocycles. The van der Waals surface area contributed by atoms with Crippen LogP contribution in [0.1, 0.15) is 113 Å². The Bertz CT molecular complexity index is 1680. The van der Waals surface area contributed by atoms with Crippen LogP contribution in [0.5, 0.6) is 0 Å². The number of carboxylic acids is 1. The topological polar surface area (TPSA) is 166 Å². The number of nitrogens with one attached hydrogen (secondary N) is 2. The van der Waals surface area contributed by atoms with Crippen LogP contribution in [0.2, 0.25) is 0 Å². The molecule has 4 aliphatic carbocycles. The molecule has 2 bridgehead atoms. The summed E-state index contributed by atoms with van der Waals surface area (Å²) in [7, 11) is 0. The highest BCUT2D eigenvalue weighted by Crippen LogP contribution is 2.75. The van der Waals surface area contributed by atoms with Gasteiger partial charge in [-0.25, -0.2) is 4.79 Å². The summed E-state index contributed by atoms with van der Waals surface area (Å²) in [4.78, 5) is 52.1. The van der Waals surface area contributed by atoms with E-state index in [9.17, 15) is 24.3 Å². The standard InChI is InChI=1S/C45H67N3O8/c1-27(2)28(3)41(5)21-22-43(7)31-17-18-35-42(6)25-54-26-45(35,32(31)19-20-44(43,8)36(41)38(50)51)24-34(55-29(4)49)37(42)56-39(52)33(46)16-12-13-23-47-40(53)48-30-14-10-9-11-15-30/h9-11,14-15,19,27-28,31,33-37H,12-13,16-18,20-26,46H2,1-8H3,(H,50,51)(H2,47,48,53)/t28-,31+,33?,34-,35+,36-,37+,41-,42-,43-,44+,45-/m1/s1. The number of aliphatic carboxylic acids is 1. The minimum absolute atomic E-state index is 0.109. The second kappa shape index (κ2) is 15.7. The van der Waals surface area contributed by atoms with E-state index >= 15 is 0 Å². The molecule has 12 atom stereocenters. The SMILES string of the molecule is CC(=O)O[C@@H]1C[C@]23COC[C@](C)([C@@H]2CC[C@H]2C3=CC[C@@]3(C)[C@H](C(=O)O)[C@@](C)([C@H](C)C(C)C)CC[C@]23C)[C@H]1OC(=O)C(N)CCCCNC(=O)Nc1ccccc1. The van der Waals surface area contributed by atoms with Gasteiger partial charge in [0.2, 0.25) is 0 Å². The molecule has 3 saturated carbocycles. The van der Waals surface area contributed by atoms with Gasteiger partial charge in [-0.15, -0.1) is 0 Å². The molecule has 4 fully saturated rings. The van der Waals surface area contributed by atoms with Crippen molar-refractivity contribution >= 4 is 29.6 Å². The number of nitrogens with two attached hydrogens (primary N) is 1. The average molecular weight is 778 g/mol. The summed E-state index contributed by atoms with van der Waals surface area (Å²) in [5, 5.41) is 16.6. The summed E-state index contributed by atoms with van der Waals surface area (Å²) >= 11 is 0. The van der Waals surface area contributed by atoms with Crippen LogP contribution in [0.25, 0.3) is 0 Å². The number of ether oxygens (including phenoxy) is 3. The lowest BCUT2D eigenvalue weighted by Crippen LogP contribution is -2.70. The molecule has 1 unspecified atom stereocenters. The fraction of sp³-hybridized carbons (Fsp3) is 0.733. The van der Waals surface area contributed by atoms with Gasteiger partial charge in [0.1, 0.15) is 18.2 Å². The Kier molecular flexibility index (Phi) is 11.8. The molecule has 0 aromatic heterocycles. The molecule has 11 heteroatoms. The highest BCUT2D eigenvalue weighted by atomic mass is 16.6. The number of anilines is 1. The lowest BCUT2D eigenvalue weighted by Gasteiger charge is -2.71. The quantitative estimate of drug-likeness (QED) is 0.0944. The van der Waals surface area contributed by atoms with Crippen molar-refractivity contribution in [3.8, 4) is 0 Å². The normalized spacial score (nSPS) is 38.4. The molecule has 1 aromatic rings. The first-order valence-electron chi connectivity index (χ1n) is 21.1. The highest BCUT2D eigenvalue weighted by Gasteiger charge is 2.72. The summed E-state index contributed by atoms with van der Waals surface area (Å²) in [6, 6.07) is 8.03. The number of urea groups is 1. The van der Waals surface area contributed by atoms with Crippen molar-refractivity contribution in [3.63, 3.8) is 0 Å². The van der Waals surface area contributed by atoms with Gasteiger partial charge in [0.15, 0.2) is 0 Å². The smallest absolute Gasteiger partial charge is 0.323 e. The van der Waals surface area contributed by atoms with E-state index in [1.165, 1.54) is 12.5 Å². The van der Waals surface area contributed by atoms with Crippen molar-refractivity contribution in [2.75, 3.05) is 25.1 Å². The Morgan fingerprint density at radius 3 is 2.34 bits per heavy atom. The van der Waals surface area contributed by atoms with Crippen LogP contribution in [0, 0.1) is 56.7 Å². The van der Waals surface area contributed by atoms with Gasteiger partial charge in [-0.1, -0.05) is 78.3 Å². The maximum Gasteiger partial charge on any atom is 0.323 e. The number of esters is 2. The Labute approximate surface area is 333 Å². The van der Waals surface area contributed by atoms with Crippen LogP contribution in [-0.2, 0) is 28.6 Å². The van der Waals surface area contributed by atoms with Crippen LogP contribution in [0.15, 0.2) is 42.0 Å². The van der Waals surface area contributed by atoms with E-state index in [-0.39, 0.29) is 34.6 Å². The molecule has 56 heavy (non-hydrogen) atoms.